The van der Waals surface area contributed by atoms with Crippen LogP contribution >= 0.6 is 0 Å². The summed E-state index contributed by atoms with van der Waals surface area (Å²) in [4.78, 5) is 13.2. The molecule has 148 valence electrons. The van der Waals surface area contributed by atoms with Gasteiger partial charge in [-0.15, -0.1) is 0 Å². The second-order valence-corrected chi connectivity index (χ2v) is 9.36. The fraction of sp³-hybridized carbons (Fsp3) is 0.423. The van der Waals surface area contributed by atoms with Gasteiger partial charge in [-0.25, -0.2) is 0 Å². The third-order valence-corrected chi connectivity index (χ3v) is 5.55. The van der Waals surface area contributed by atoms with E-state index in [4.69, 9.17) is 4.74 Å². The summed E-state index contributed by atoms with van der Waals surface area (Å²) >= 11 is 0. The molecular formula is C26H32O2. The maximum absolute atomic E-state index is 13.2. The van der Waals surface area contributed by atoms with E-state index >= 15 is 0 Å². The van der Waals surface area contributed by atoms with Gasteiger partial charge in [-0.1, -0.05) is 83.1 Å². The van der Waals surface area contributed by atoms with Crippen molar-refractivity contribution in [2.24, 2.45) is 17.3 Å². The van der Waals surface area contributed by atoms with Gasteiger partial charge in [0.05, 0.1) is 5.92 Å². The third-order valence-electron chi connectivity index (χ3n) is 5.55. The highest BCUT2D eigenvalue weighted by atomic mass is 16.5. The zero-order valence-corrected chi connectivity index (χ0v) is 18.0. The van der Waals surface area contributed by atoms with Crippen LogP contribution in [0.2, 0.25) is 0 Å². The van der Waals surface area contributed by atoms with E-state index in [2.05, 4.69) is 77.1 Å². The maximum Gasteiger partial charge on any atom is 0.310 e. The molecule has 0 aliphatic rings. The molecule has 0 saturated heterocycles. The molecule has 2 nitrogen and oxygen atoms in total. The Kier molecular flexibility index (Phi) is 5.79. The molecule has 0 amide bonds. The van der Waals surface area contributed by atoms with Gasteiger partial charge in [-0.05, 0) is 52.3 Å². The Morgan fingerprint density at radius 3 is 1.86 bits per heavy atom. The smallest absolute Gasteiger partial charge is 0.310 e. The van der Waals surface area contributed by atoms with Gasteiger partial charge in [0, 0.05) is 5.56 Å². The van der Waals surface area contributed by atoms with Crippen molar-refractivity contribution >= 4 is 27.5 Å². The quantitative estimate of drug-likeness (QED) is 0.345. The number of carbonyl (C=O) groups excluding carboxylic acids is 1. The van der Waals surface area contributed by atoms with Crippen molar-refractivity contribution in [2.75, 3.05) is 0 Å². The summed E-state index contributed by atoms with van der Waals surface area (Å²) in [6.45, 7) is 12.7. The predicted octanol–water partition coefficient (Wildman–Crippen LogP) is 7.31. The van der Waals surface area contributed by atoms with E-state index in [-0.39, 0.29) is 23.4 Å². The second kappa shape index (κ2) is 7.95. The van der Waals surface area contributed by atoms with Crippen LogP contribution in [0.15, 0.2) is 54.6 Å². The lowest BCUT2D eigenvalue weighted by molar-refractivity contribution is -0.158. The van der Waals surface area contributed by atoms with Gasteiger partial charge < -0.3 is 4.74 Å². The summed E-state index contributed by atoms with van der Waals surface area (Å²) < 4.78 is 6.10. The van der Waals surface area contributed by atoms with Crippen molar-refractivity contribution in [1.82, 2.24) is 0 Å². The van der Waals surface area contributed by atoms with E-state index in [0.29, 0.717) is 5.92 Å². The number of hydrogen-bond donors (Lipinski definition) is 0. The second-order valence-electron chi connectivity index (χ2n) is 9.36. The first-order valence-electron chi connectivity index (χ1n) is 10.3. The fourth-order valence-electron chi connectivity index (χ4n) is 4.08. The number of esters is 1. The summed E-state index contributed by atoms with van der Waals surface area (Å²) in [6, 6.07) is 18.9. The Hall–Kier alpha value is -2.35. The van der Waals surface area contributed by atoms with Crippen molar-refractivity contribution in [2.45, 2.75) is 54.1 Å². The molecule has 0 fully saturated rings. The first kappa shape index (κ1) is 20.4. The SMILES string of the molecule is CC(C)CC(C(=O)OC(C)c1c2ccccc2cc2ccccc12)C(C)(C)C. The van der Waals surface area contributed by atoms with E-state index in [1.807, 2.05) is 19.1 Å². The lowest BCUT2D eigenvalue weighted by atomic mass is 9.76. The summed E-state index contributed by atoms with van der Waals surface area (Å²) in [5.74, 6) is 0.243. The molecule has 0 N–H and O–H groups in total. The van der Waals surface area contributed by atoms with Crippen LogP contribution in [-0.2, 0) is 9.53 Å². The average molecular weight is 377 g/mol. The molecule has 3 rings (SSSR count). The van der Waals surface area contributed by atoms with Crippen LogP contribution < -0.4 is 0 Å². The van der Waals surface area contributed by atoms with Crippen LogP contribution in [0.5, 0.6) is 0 Å². The first-order chi connectivity index (χ1) is 13.2. The zero-order valence-electron chi connectivity index (χ0n) is 18.0. The number of rotatable bonds is 5. The molecule has 0 aliphatic heterocycles. The minimum absolute atomic E-state index is 0.0919. The molecule has 0 heterocycles. The maximum atomic E-state index is 13.2. The number of fused-ring (bicyclic) bond motifs is 2. The fourth-order valence-corrected chi connectivity index (χ4v) is 4.08. The highest BCUT2D eigenvalue weighted by Gasteiger charge is 2.34. The lowest BCUT2D eigenvalue weighted by Gasteiger charge is -2.31. The van der Waals surface area contributed by atoms with Crippen molar-refractivity contribution < 1.29 is 9.53 Å². The van der Waals surface area contributed by atoms with Gasteiger partial charge in [0.15, 0.2) is 0 Å². The molecule has 0 saturated carbocycles. The van der Waals surface area contributed by atoms with Crippen molar-refractivity contribution in [3.05, 3.63) is 60.2 Å². The molecule has 0 aromatic heterocycles. The minimum Gasteiger partial charge on any atom is -0.458 e. The van der Waals surface area contributed by atoms with Crippen molar-refractivity contribution in [3.8, 4) is 0 Å². The predicted molar refractivity (Wildman–Crippen MR) is 118 cm³/mol. The minimum atomic E-state index is -0.305. The van der Waals surface area contributed by atoms with Crippen LogP contribution in [0.25, 0.3) is 21.5 Å². The molecule has 0 aliphatic carbocycles. The van der Waals surface area contributed by atoms with Gasteiger partial charge in [0.1, 0.15) is 6.10 Å². The van der Waals surface area contributed by atoms with Crippen LogP contribution in [0.4, 0.5) is 0 Å². The topological polar surface area (TPSA) is 26.3 Å². The largest absolute Gasteiger partial charge is 0.458 e. The molecule has 0 radical (unpaired) electrons. The highest BCUT2D eigenvalue weighted by molar-refractivity contribution is 6.02. The average Bonchev–Trinajstić information content (AvgIpc) is 2.62. The Morgan fingerprint density at radius 1 is 0.893 bits per heavy atom. The molecule has 2 heteroatoms. The Morgan fingerprint density at radius 2 is 1.39 bits per heavy atom. The van der Waals surface area contributed by atoms with E-state index in [9.17, 15) is 4.79 Å². The van der Waals surface area contributed by atoms with Gasteiger partial charge in [-0.2, -0.15) is 0 Å². The van der Waals surface area contributed by atoms with E-state index in [1.165, 1.54) is 10.8 Å². The molecule has 2 atom stereocenters. The zero-order chi connectivity index (χ0) is 20.5. The molecule has 2 unspecified atom stereocenters. The molecular weight excluding hydrogens is 344 g/mol. The number of carbonyl (C=O) groups is 1. The van der Waals surface area contributed by atoms with Crippen LogP contribution in [0.1, 0.15) is 59.6 Å². The molecule has 28 heavy (non-hydrogen) atoms. The van der Waals surface area contributed by atoms with Gasteiger partial charge in [0.25, 0.3) is 0 Å². The van der Waals surface area contributed by atoms with Crippen LogP contribution in [0, 0.1) is 17.3 Å². The molecule has 0 spiro atoms. The van der Waals surface area contributed by atoms with E-state index in [1.54, 1.807) is 0 Å². The highest BCUT2D eigenvalue weighted by Crippen LogP contribution is 2.37. The molecule has 3 aromatic carbocycles. The third kappa shape index (κ3) is 4.22. The number of hydrogen-bond acceptors (Lipinski definition) is 2. The van der Waals surface area contributed by atoms with E-state index < -0.39 is 0 Å². The normalized spacial score (nSPS) is 14.4. The van der Waals surface area contributed by atoms with Gasteiger partial charge in [-0.3, -0.25) is 4.79 Å². The number of benzene rings is 3. The molecule has 0 bridgehead atoms. The van der Waals surface area contributed by atoms with Crippen molar-refractivity contribution in [3.63, 3.8) is 0 Å². The number of ether oxygens (including phenoxy) is 1. The van der Waals surface area contributed by atoms with Crippen LogP contribution in [-0.4, -0.2) is 5.97 Å². The standard InChI is InChI=1S/C26H32O2/c1-17(2)15-23(26(4,5)6)25(27)28-18(3)24-21-13-9-7-11-19(21)16-20-12-8-10-14-22(20)24/h7-14,16-18,23H,15H2,1-6H3. The van der Waals surface area contributed by atoms with Gasteiger partial charge in [0.2, 0.25) is 0 Å². The monoisotopic (exact) mass is 376 g/mol. The van der Waals surface area contributed by atoms with Crippen LogP contribution in [0.3, 0.4) is 0 Å². The Labute approximate surface area is 168 Å². The summed E-state index contributed by atoms with van der Waals surface area (Å²) in [7, 11) is 0. The lowest BCUT2D eigenvalue weighted by Crippen LogP contribution is -2.32. The summed E-state index contributed by atoms with van der Waals surface area (Å²) in [6.07, 6.45) is 0.534. The van der Waals surface area contributed by atoms with Gasteiger partial charge >= 0.3 is 5.97 Å². The Balaban J connectivity index is 2.02. The van der Waals surface area contributed by atoms with Crippen molar-refractivity contribution in [1.29, 1.82) is 0 Å². The first-order valence-corrected chi connectivity index (χ1v) is 10.3. The summed E-state index contributed by atoms with van der Waals surface area (Å²) in [5, 5.41) is 4.65. The summed E-state index contributed by atoms with van der Waals surface area (Å²) in [5.41, 5.74) is 0.973. The Bertz CT molecular complexity index is 925. The van der Waals surface area contributed by atoms with E-state index in [0.717, 1.165) is 22.8 Å². The molecule has 3 aromatic rings.